The molecule has 27 heavy (non-hydrogen) atoms. The predicted octanol–water partition coefficient (Wildman–Crippen LogP) is 6.58. The summed E-state index contributed by atoms with van der Waals surface area (Å²) in [7, 11) is 0. The monoisotopic (exact) mass is 400 g/mol. The normalized spacial score (nSPS) is 19.6. The maximum atomic E-state index is 6.31. The molecule has 1 fully saturated rings. The zero-order valence-electron chi connectivity index (χ0n) is 16.1. The molecule has 3 aromatic rings. The highest BCUT2D eigenvalue weighted by Gasteiger charge is 2.51. The summed E-state index contributed by atoms with van der Waals surface area (Å²) in [6.07, 6.45) is 1.96. The number of alkyl halides is 2. The molecule has 0 aliphatic heterocycles. The topological polar surface area (TPSA) is 17.8 Å². The molecule has 0 N–H and O–H groups in total. The fourth-order valence-corrected chi connectivity index (χ4v) is 4.38. The molecule has 4 heteroatoms. The Labute approximate surface area is 171 Å². The summed E-state index contributed by atoms with van der Waals surface area (Å²) in [4.78, 5) is 4.97. The Kier molecular flexibility index (Phi) is 4.98. The van der Waals surface area contributed by atoms with Crippen LogP contribution in [0.1, 0.15) is 50.1 Å². The van der Waals surface area contributed by atoms with E-state index in [2.05, 4.69) is 67.8 Å². The highest BCUT2D eigenvalue weighted by Crippen LogP contribution is 2.54. The number of rotatable bonds is 6. The van der Waals surface area contributed by atoms with Crippen LogP contribution in [0.3, 0.4) is 0 Å². The molecule has 0 radical (unpaired) electrons. The van der Waals surface area contributed by atoms with Crippen LogP contribution in [-0.2, 0) is 13.0 Å². The van der Waals surface area contributed by atoms with E-state index in [1.165, 1.54) is 11.1 Å². The second-order valence-corrected chi connectivity index (χ2v) is 9.84. The fourth-order valence-electron chi connectivity index (χ4n) is 3.87. The minimum Gasteiger partial charge on any atom is -0.327 e. The molecule has 0 saturated heterocycles. The molecule has 2 atom stereocenters. The molecule has 0 spiro atoms. The lowest BCUT2D eigenvalue weighted by atomic mass is 9.96. The van der Waals surface area contributed by atoms with Gasteiger partial charge in [-0.1, -0.05) is 57.2 Å². The third-order valence-electron chi connectivity index (χ3n) is 5.55. The van der Waals surface area contributed by atoms with Crippen molar-refractivity contribution in [1.82, 2.24) is 9.55 Å². The summed E-state index contributed by atoms with van der Waals surface area (Å²) in [6.45, 7) is 7.56. The number of benzene rings is 2. The number of hydrogen-bond donors (Lipinski definition) is 0. The third-order valence-corrected chi connectivity index (χ3v) is 6.48. The van der Waals surface area contributed by atoms with E-state index in [4.69, 9.17) is 28.2 Å². The number of hydrogen-bond acceptors (Lipinski definition) is 1. The number of halogens is 2. The number of nitrogens with zero attached hydrogens (tertiary/aromatic N) is 2. The summed E-state index contributed by atoms with van der Waals surface area (Å²) < 4.78 is 1.74. The molecule has 1 aliphatic rings. The minimum atomic E-state index is -0.579. The van der Waals surface area contributed by atoms with Crippen molar-refractivity contribution in [3.05, 3.63) is 65.5 Å². The van der Waals surface area contributed by atoms with E-state index in [-0.39, 0.29) is 11.8 Å². The first kappa shape index (κ1) is 18.8. The molecule has 2 nitrogen and oxygen atoms in total. The van der Waals surface area contributed by atoms with Gasteiger partial charge in [-0.2, -0.15) is 0 Å². The summed E-state index contributed by atoms with van der Waals surface area (Å²) in [6, 6.07) is 17.3. The molecule has 1 heterocycles. The first-order chi connectivity index (χ1) is 12.8. The van der Waals surface area contributed by atoms with Crippen molar-refractivity contribution in [3.8, 4) is 0 Å². The van der Waals surface area contributed by atoms with Gasteiger partial charge in [0.2, 0.25) is 0 Å². The van der Waals surface area contributed by atoms with Crippen molar-refractivity contribution in [1.29, 1.82) is 0 Å². The second kappa shape index (κ2) is 7.14. The van der Waals surface area contributed by atoms with E-state index in [1.54, 1.807) is 0 Å². The Bertz CT molecular complexity index is 941. The average Bonchev–Trinajstić information content (AvgIpc) is 3.07. The van der Waals surface area contributed by atoms with Gasteiger partial charge in [0.15, 0.2) is 0 Å². The maximum Gasteiger partial charge on any atom is 0.123 e. The van der Waals surface area contributed by atoms with Gasteiger partial charge in [-0.25, -0.2) is 4.98 Å². The van der Waals surface area contributed by atoms with E-state index in [9.17, 15) is 0 Å². The van der Waals surface area contributed by atoms with E-state index in [0.29, 0.717) is 5.92 Å². The molecule has 0 amide bonds. The smallest absolute Gasteiger partial charge is 0.123 e. The van der Waals surface area contributed by atoms with E-state index in [0.717, 1.165) is 36.2 Å². The van der Waals surface area contributed by atoms with Crippen molar-refractivity contribution in [2.75, 3.05) is 0 Å². The Morgan fingerprint density at radius 1 is 1.07 bits per heavy atom. The number of aromatic nitrogens is 2. The summed E-state index contributed by atoms with van der Waals surface area (Å²) in [5, 5.41) is 0. The van der Waals surface area contributed by atoms with Crippen LogP contribution in [0.25, 0.3) is 11.0 Å². The lowest BCUT2D eigenvalue weighted by molar-refractivity contribution is 0.593. The van der Waals surface area contributed by atoms with Gasteiger partial charge in [-0.05, 0) is 42.0 Å². The number of imidazole rings is 1. The number of para-hydroxylation sites is 2. The van der Waals surface area contributed by atoms with Crippen molar-refractivity contribution in [2.45, 2.75) is 50.4 Å². The first-order valence-electron chi connectivity index (χ1n) is 9.77. The first-order valence-corrected chi connectivity index (χ1v) is 10.5. The van der Waals surface area contributed by atoms with Gasteiger partial charge in [0, 0.05) is 18.4 Å². The van der Waals surface area contributed by atoms with Gasteiger partial charge in [-0.15, -0.1) is 23.2 Å². The van der Waals surface area contributed by atoms with Crippen molar-refractivity contribution in [3.63, 3.8) is 0 Å². The summed E-state index contributed by atoms with van der Waals surface area (Å²) >= 11 is 12.6. The molecule has 0 unspecified atom stereocenters. The van der Waals surface area contributed by atoms with Crippen LogP contribution in [0.5, 0.6) is 0 Å². The fraction of sp³-hybridized carbons (Fsp3) is 0.435. The van der Waals surface area contributed by atoms with Crippen LogP contribution >= 0.6 is 23.2 Å². The van der Waals surface area contributed by atoms with Gasteiger partial charge in [0.1, 0.15) is 10.2 Å². The molecular formula is C23H26Cl2N2. The molecule has 2 aromatic carbocycles. The molecule has 1 saturated carbocycles. The van der Waals surface area contributed by atoms with Gasteiger partial charge in [0.05, 0.1) is 11.0 Å². The zero-order valence-corrected chi connectivity index (χ0v) is 17.6. The second-order valence-electron chi connectivity index (χ2n) is 8.29. The third kappa shape index (κ3) is 3.88. The average molecular weight is 401 g/mol. The van der Waals surface area contributed by atoms with Crippen LogP contribution in [0.15, 0.2) is 48.5 Å². The van der Waals surface area contributed by atoms with E-state index < -0.39 is 4.33 Å². The largest absolute Gasteiger partial charge is 0.327 e. The van der Waals surface area contributed by atoms with Crippen molar-refractivity contribution >= 4 is 34.2 Å². The molecule has 142 valence electrons. The van der Waals surface area contributed by atoms with Crippen LogP contribution in [0, 0.1) is 11.8 Å². The van der Waals surface area contributed by atoms with Crippen LogP contribution < -0.4 is 0 Å². The lowest BCUT2D eigenvalue weighted by Crippen LogP contribution is -2.11. The highest BCUT2D eigenvalue weighted by molar-refractivity contribution is 6.50. The van der Waals surface area contributed by atoms with Gasteiger partial charge in [0.25, 0.3) is 0 Å². The Hall–Kier alpha value is -1.51. The van der Waals surface area contributed by atoms with Gasteiger partial charge < -0.3 is 4.57 Å². The van der Waals surface area contributed by atoms with Crippen molar-refractivity contribution in [2.24, 2.45) is 11.8 Å². The molecule has 0 bridgehead atoms. The SMILES string of the molecule is CC(C)Cc1ccc([C@H](C)c2nc3ccccc3n2C[C@@H]2CC2(Cl)Cl)cc1. The van der Waals surface area contributed by atoms with Crippen molar-refractivity contribution < 1.29 is 0 Å². The quantitative estimate of drug-likeness (QED) is 0.427. The minimum absolute atomic E-state index is 0.212. The predicted molar refractivity (Wildman–Crippen MR) is 115 cm³/mol. The maximum absolute atomic E-state index is 6.31. The Balaban J connectivity index is 1.67. The Morgan fingerprint density at radius 2 is 1.74 bits per heavy atom. The molecule has 1 aromatic heterocycles. The van der Waals surface area contributed by atoms with Crippen LogP contribution in [0.2, 0.25) is 0 Å². The molecular weight excluding hydrogens is 375 g/mol. The lowest BCUT2D eigenvalue weighted by Gasteiger charge is -2.16. The van der Waals surface area contributed by atoms with Crippen LogP contribution in [-0.4, -0.2) is 13.9 Å². The van der Waals surface area contributed by atoms with E-state index >= 15 is 0 Å². The van der Waals surface area contributed by atoms with Gasteiger partial charge in [-0.3, -0.25) is 0 Å². The standard InChI is InChI=1S/C23H26Cl2N2/c1-15(2)12-17-8-10-18(11-9-17)16(3)22-26-20-6-4-5-7-21(20)27(22)14-19-13-23(19,24)25/h4-11,15-16,19H,12-14H2,1-3H3/t16-,19-/m0/s1. The molecule has 1 aliphatic carbocycles. The summed E-state index contributed by atoms with van der Waals surface area (Å²) in [5.74, 6) is 2.26. The zero-order chi connectivity index (χ0) is 19.2. The Morgan fingerprint density at radius 3 is 2.37 bits per heavy atom. The van der Waals surface area contributed by atoms with E-state index in [1.807, 2.05) is 6.07 Å². The highest BCUT2D eigenvalue weighted by atomic mass is 35.5. The van der Waals surface area contributed by atoms with Gasteiger partial charge >= 0.3 is 0 Å². The molecule has 4 rings (SSSR count). The number of fused-ring (bicyclic) bond motifs is 1. The summed E-state index contributed by atoms with van der Waals surface area (Å²) in [5.41, 5.74) is 4.87. The van der Waals surface area contributed by atoms with Crippen LogP contribution in [0.4, 0.5) is 0 Å².